The second-order valence-electron chi connectivity index (χ2n) is 4.67. The summed E-state index contributed by atoms with van der Waals surface area (Å²) in [5.74, 6) is -0.998. The molecule has 1 atom stereocenters. The van der Waals surface area contributed by atoms with Crippen LogP contribution in [0.1, 0.15) is 27.8 Å². The van der Waals surface area contributed by atoms with Gasteiger partial charge in [0, 0.05) is 0 Å². The lowest BCUT2D eigenvalue weighted by Gasteiger charge is -2.20. The lowest BCUT2D eigenvalue weighted by molar-refractivity contribution is -0.138. The quantitative estimate of drug-likeness (QED) is 0.660. The van der Waals surface area contributed by atoms with Crippen LogP contribution < -0.4 is 11.2 Å². The fourth-order valence-corrected chi connectivity index (χ4v) is 2.23. The summed E-state index contributed by atoms with van der Waals surface area (Å²) in [6.07, 6.45) is 0.306. The monoisotopic (exact) mass is 248 g/mol. The largest absolute Gasteiger partial charge is 0.480 e. The Morgan fingerprint density at radius 3 is 1.94 bits per heavy atom. The highest BCUT2D eigenvalue weighted by molar-refractivity contribution is 6.47. The smallest absolute Gasteiger partial charge is 0.327 e. The van der Waals surface area contributed by atoms with Gasteiger partial charge in [-0.05, 0) is 56.3 Å². The first-order chi connectivity index (χ1) is 8.31. The van der Waals surface area contributed by atoms with Crippen molar-refractivity contribution in [1.29, 1.82) is 0 Å². The van der Waals surface area contributed by atoms with Crippen molar-refractivity contribution in [3.8, 4) is 0 Å². The van der Waals surface area contributed by atoms with Gasteiger partial charge in [-0.25, -0.2) is 0 Å². The van der Waals surface area contributed by atoms with Crippen molar-refractivity contribution >= 4 is 18.9 Å². The van der Waals surface area contributed by atoms with Gasteiger partial charge in [0.2, 0.25) is 0 Å². The van der Waals surface area contributed by atoms with Crippen LogP contribution in [-0.4, -0.2) is 29.6 Å². The second-order valence-corrected chi connectivity index (χ2v) is 4.67. The van der Waals surface area contributed by atoms with Gasteiger partial charge in [-0.15, -0.1) is 0 Å². The van der Waals surface area contributed by atoms with Crippen LogP contribution in [0.2, 0.25) is 0 Å². The van der Waals surface area contributed by atoms with Gasteiger partial charge in [0.25, 0.3) is 0 Å². The molecule has 1 aromatic carbocycles. The summed E-state index contributed by atoms with van der Waals surface area (Å²) in [5, 5.41) is 18.2. The fourth-order valence-electron chi connectivity index (χ4n) is 2.23. The van der Waals surface area contributed by atoms with Crippen molar-refractivity contribution in [2.45, 2.75) is 40.2 Å². The van der Waals surface area contributed by atoms with Crippen molar-refractivity contribution in [2.75, 3.05) is 0 Å². The van der Waals surface area contributed by atoms with Gasteiger partial charge in [0.15, 0.2) is 0 Å². The number of rotatable bonds is 4. The van der Waals surface area contributed by atoms with E-state index in [0.717, 1.165) is 40.8 Å². The molecule has 0 heterocycles. The van der Waals surface area contributed by atoms with Crippen molar-refractivity contribution in [1.82, 2.24) is 0 Å². The van der Waals surface area contributed by atoms with Crippen LogP contribution in [0.25, 0.3) is 0 Å². The second kappa shape index (κ2) is 5.54. The average Bonchev–Trinajstić information content (AvgIpc) is 2.32. The SMILES string of the molecule is Cc1c(C)c(CC(N)C(=O)O)c(C)c(C)c1[B]O. The lowest BCUT2D eigenvalue weighted by atomic mass is 9.75. The van der Waals surface area contributed by atoms with Gasteiger partial charge in [0.05, 0.1) is 0 Å². The van der Waals surface area contributed by atoms with E-state index in [1.165, 1.54) is 0 Å². The molecule has 18 heavy (non-hydrogen) atoms. The van der Waals surface area contributed by atoms with Gasteiger partial charge in [-0.2, -0.15) is 0 Å². The summed E-state index contributed by atoms with van der Waals surface area (Å²) in [4.78, 5) is 10.8. The van der Waals surface area contributed by atoms with Gasteiger partial charge in [-0.3, -0.25) is 4.79 Å². The van der Waals surface area contributed by atoms with Crippen LogP contribution in [0, 0.1) is 27.7 Å². The first kappa shape index (κ1) is 14.7. The Morgan fingerprint density at radius 1 is 1.17 bits per heavy atom. The van der Waals surface area contributed by atoms with Gasteiger partial charge < -0.3 is 15.9 Å². The van der Waals surface area contributed by atoms with Gasteiger partial charge in [-0.1, -0.05) is 11.1 Å². The van der Waals surface area contributed by atoms with Crippen LogP contribution in [0.15, 0.2) is 0 Å². The topological polar surface area (TPSA) is 83.6 Å². The predicted octanol–water partition coefficient (Wildman–Crippen LogP) is 0.111. The van der Waals surface area contributed by atoms with E-state index in [-0.39, 0.29) is 0 Å². The molecule has 0 amide bonds. The number of hydrogen-bond acceptors (Lipinski definition) is 3. The maximum Gasteiger partial charge on any atom is 0.327 e. The molecule has 5 heteroatoms. The van der Waals surface area contributed by atoms with Crippen LogP contribution >= 0.6 is 0 Å². The van der Waals surface area contributed by atoms with Crippen molar-refractivity contribution in [2.24, 2.45) is 5.73 Å². The normalized spacial score (nSPS) is 12.3. The third-order valence-electron chi connectivity index (χ3n) is 3.71. The maximum absolute atomic E-state index is 10.8. The molecule has 0 aliphatic rings. The van der Waals surface area contributed by atoms with E-state index in [1.54, 1.807) is 0 Å². The van der Waals surface area contributed by atoms with E-state index in [1.807, 2.05) is 27.7 Å². The summed E-state index contributed by atoms with van der Waals surface area (Å²) in [5.41, 5.74) is 11.3. The molecule has 0 bridgehead atoms. The Bertz CT molecular complexity index is 457. The fraction of sp³-hybridized carbons (Fsp3) is 0.462. The predicted molar refractivity (Wildman–Crippen MR) is 72.3 cm³/mol. The molecule has 4 nitrogen and oxygen atoms in total. The third-order valence-corrected chi connectivity index (χ3v) is 3.71. The molecule has 0 aromatic heterocycles. The van der Waals surface area contributed by atoms with Crippen LogP contribution in [0.5, 0.6) is 0 Å². The molecule has 1 radical (unpaired) electrons. The zero-order valence-corrected chi connectivity index (χ0v) is 11.2. The zero-order valence-electron chi connectivity index (χ0n) is 11.2. The number of benzene rings is 1. The molecule has 0 saturated carbocycles. The molecular weight excluding hydrogens is 229 g/mol. The Morgan fingerprint density at radius 2 is 1.61 bits per heavy atom. The van der Waals surface area contributed by atoms with Crippen LogP contribution in [-0.2, 0) is 11.2 Å². The number of aliphatic carboxylic acids is 1. The van der Waals surface area contributed by atoms with Crippen LogP contribution in [0.3, 0.4) is 0 Å². The minimum absolute atomic E-state index is 0.306. The molecule has 0 fully saturated rings. The number of carboxylic acids is 1. The standard InChI is InChI=1S/C13H19BNO3/c1-6-8(3)12(14-18)9(4)7(2)10(6)5-11(15)13(16)17/h11,18H,5,15H2,1-4H3,(H,16,17). The molecule has 0 saturated heterocycles. The highest BCUT2D eigenvalue weighted by atomic mass is 16.4. The summed E-state index contributed by atoms with van der Waals surface area (Å²) >= 11 is 0. The molecule has 1 unspecified atom stereocenters. The molecule has 1 aromatic rings. The minimum Gasteiger partial charge on any atom is -0.480 e. The Labute approximate surface area is 108 Å². The Kier molecular flexibility index (Phi) is 4.54. The third kappa shape index (κ3) is 2.57. The van der Waals surface area contributed by atoms with Crippen molar-refractivity contribution < 1.29 is 14.9 Å². The molecule has 97 valence electrons. The van der Waals surface area contributed by atoms with Crippen molar-refractivity contribution in [3.63, 3.8) is 0 Å². The average molecular weight is 248 g/mol. The molecule has 0 spiro atoms. The molecule has 4 N–H and O–H groups in total. The number of nitrogens with two attached hydrogens (primary N) is 1. The molecule has 0 aliphatic carbocycles. The summed E-state index contributed by atoms with van der Waals surface area (Å²) in [6, 6.07) is -0.898. The number of carboxylic acid groups (broad SMARTS) is 1. The first-order valence-electron chi connectivity index (χ1n) is 5.86. The van der Waals surface area contributed by atoms with E-state index in [2.05, 4.69) is 0 Å². The molecular formula is C13H19BNO3. The molecule has 1 rings (SSSR count). The summed E-state index contributed by atoms with van der Waals surface area (Å²) < 4.78 is 0. The van der Waals surface area contributed by atoms with Gasteiger partial charge >= 0.3 is 13.5 Å². The highest BCUT2D eigenvalue weighted by Gasteiger charge is 2.19. The van der Waals surface area contributed by atoms with E-state index in [0.29, 0.717) is 6.42 Å². The maximum atomic E-state index is 10.8. The van der Waals surface area contributed by atoms with E-state index in [9.17, 15) is 9.82 Å². The van der Waals surface area contributed by atoms with E-state index < -0.39 is 12.0 Å². The first-order valence-corrected chi connectivity index (χ1v) is 5.86. The summed E-state index contributed by atoms with van der Waals surface area (Å²) in [6.45, 7) is 7.69. The Balaban J connectivity index is 3.33. The van der Waals surface area contributed by atoms with E-state index >= 15 is 0 Å². The zero-order chi connectivity index (χ0) is 14.0. The molecule has 0 aliphatic heterocycles. The van der Waals surface area contributed by atoms with Gasteiger partial charge in [0.1, 0.15) is 6.04 Å². The van der Waals surface area contributed by atoms with E-state index in [4.69, 9.17) is 10.8 Å². The number of hydrogen-bond donors (Lipinski definition) is 3. The minimum atomic E-state index is -0.998. The lowest BCUT2D eigenvalue weighted by Crippen LogP contribution is -2.34. The highest BCUT2D eigenvalue weighted by Crippen LogP contribution is 2.21. The Hall–Kier alpha value is -1.33. The van der Waals surface area contributed by atoms with Crippen molar-refractivity contribution in [3.05, 3.63) is 27.8 Å². The summed E-state index contributed by atoms with van der Waals surface area (Å²) in [7, 11) is 1.10. The number of carbonyl (C=O) groups is 1. The van der Waals surface area contributed by atoms with Crippen LogP contribution in [0.4, 0.5) is 0 Å².